The van der Waals surface area contributed by atoms with E-state index < -0.39 is 0 Å². The third kappa shape index (κ3) is 3.14. The fraction of sp³-hybridized carbons (Fsp3) is 0.667. The van der Waals surface area contributed by atoms with Crippen LogP contribution < -0.4 is 11.0 Å². The molecule has 2 rings (SSSR count). The topological polar surface area (TPSA) is 61.0 Å². The summed E-state index contributed by atoms with van der Waals surface area (Å²) in [7, 11) is 0. The van der Waals surface area contributed by atoms with Gasteiger partial charge in [0, 0.05) is 44.1 Å². The maximum atomic E-state index is 11.2. The average Bonchev–Trinajstić information content (AvgIpc) is 2.29. The first-order chi connectivity index (χ1) is 8.16. The van der Waals surface area contributed by atoms with Crippen LogP contribution in [-0.2, 0) is 6.42 Å². The van der Waals surface area contributed by atoms with Gasteiger partial charge >= 0.3 is 5.69 Å². The van der Waals surface area contributed by atoms with Crippen molar-refractivity contribution >= 4 is 0 Å². The Morgan fingerprint density at radius 3 is 2.65 bits per heavy atom. The van der Waals surface area contributed by atoms with E-state index in [-0.39, 0.29) is 5.69 Å². The molecule has 0 atom stereocenters. The number of nitrogens with zero attached hydrogens (tertiary/aromatic N) is 2. The molecular weight excluding hydrogens is 216 g/mol. The highest BCUT2D eigenvalue weighted by Crippen LogP contribution is 2.08. The van der Waals surface area contributed by atoms with Crippen molar-refractivity contribution < 1.29 is 0 Å². The highest BCUT2D eigenvalue weighted by molar-refractivity contribution is 5.22. The predicted octanol–water partition coefficient (Wildman–Crippen LogP) is -0.166. The third-order valence-corrected chi connectivity index (χ3v) is 3.34. The maximum absolute atomic E-state index is 11.2. The van der Waals surface area contributed by atoms with E-state index in [0.717, 1.165) is 50.5 Å². The lowest BCUT2D eigenvalue weighted by atomic mass is 10.1. The van der Waals surface area contributed by atoms with Crippen LogP contribution in [0.25, 0.3) is 0 Å². The quantitative estimate of drug-likeness (QED) is 0.765. The zero-order valence-corrected chi connectivity index (χ0v) is 10.5. The van der Waals surface area contributed by atoms with Gasteiger partial charge in [0.2, 0.25) is 0 Å². The van der Waals surface area contributed by atoms with Crippen LogP contribution in [0.4, 0.5) is 0 Å². The number of nitrogens with one attached hydrogen (secondary N) is 2. The van der Waals surface area contributed by atoms with Crippen LogP contribution in [0.5, 0.6) is 0 Å². The molecule has 0 radical (unpaired) electrons. The van der Waals surface area contributed by atoms with Crippen molar-refractivity contribution in [3.8, 4) is 0 Å². The van der Waals surface area contributed by atoms with Gasteiger partial charge in [-0.05, 0) is 25.8 Å². The number of rotatable bonds is 3. The summed E-state index contributed by atoms with van der Waals surface area (Å²) in [5.74, 6) is 0. The molecule has 17 heavy (non-hydrogen) atoms. The molecule has 1 fully saturated rings. The van der Waals surface area contributed by atoms with E-state index in [0.29, 0.717) is 0 Å². The van der Waals surface area contributed by atoms with Crippen LogP contribution in [-0.4, -0.2) is 47.6 Å². The molecule has 94 valence electrons. The molecule has 1 aromatic heterocycles. The second-order valence-electron chi connectivity index (χ2n) is 4.57. The van der Waals surface area contributed by atoms with Crippen molar-refractivity contribution in [3.05, 3.63) is 27.4 Å². The van der Waals surface area contributed by atoms with Gasteiger partial charge in [0.1, 0.15) is 0 Å². The van der Waals surface area contributed by atoms with Gasteiger partial charge in [0.15, 0.2) is 0 Å². The van der Waals surface area contributed by atoms with Crippen molar-refractivity contribution in [3.63, 3.8) is 0 Å². The Kier molecular flexibility index (Phi) is 3.91. The molecule has 0 saturated carbocycles. The van der Waals surface area contributed by atoms with Crippen LogP contribution in [0.3, 0.4) is 0 Å². The molecule has 0 aliphatic carbocycles. The lowest BCUT2D eigenvalue weighted by Crippen LogP contribution is -2.44. The second kappa shape index (κ2) is 5.42. The summed E-state index contributed by atoms with van der Waals surface area (Å²) < 4.78 is 0. The van der Waals surface area contributed by atoms with E-state index in [2.05, 4.69) is 20.2 Å². The first-order valence-corrected chi connectivity index (χ1v) is 6.16. The van der Waals surface area contributed by atoms with E-state index in [1.54, 1.807) is 0 Å². The number of hydrogen-bond acceptors (Lipinski definition) is 4. The third-order valence-electron chi connectivity index (χ3n) is 3.34. The van der Waals surface area contributed by atoms with Crippen LogP contribution in [0.1, 0.15) is 17.0 Å². The molecule has 2 N–H and O–H groups in total. The molecule has 0 amide bonds. The second-order valence-corrected chi connectivity index (χ2v) is 4.57. The van der Waals surface area contributed by atoms with E-state index >= 15 is 0 Å². The van der Waals surface area contributed by atoms with E-state index in [4.69, 9.17) is 0 Å². The summed E-state index contributed by atoms with van der Waals surface area (Å²) in [6.07, 6.45) is 0.960. The Hall–Kier alpha value is -1.20. The molecule has 1 saturated heterocycles. The lowest BCUT2D eigenvalue weighted by Gasteiger charge is -2.27. The Balaban J connectivity index is 2.00. The number of aryl methyl sites for hydroxylation is 2. The monoisotopic (exact) mass is 236 g/mol. The summed E-state index contributed by atoms with van der Waals surface area (Å²) in [5.41, 5.74) is 2.76. The molecular formula is C12H20N4O. The maximum Gasteiger partial charge on any atom is 0.345 e. The average molecular weight is 236 g/mol. The molecule has 1 aliphatic heterocycles. The number of hydrogen-bond donors (Lipinski definition) is 2. The molecule has 1 aliphatic rings. The van der Waals surface area contributed by atoms with Crippen molar-refractivity contribution in [2.75, 3.05) is 32.7 Å². The zero-order chi connectivity index (χ0) is 12.3. The molecule has 5 nitrogen and oxygen atoms in total. The number of aromatic amines is 1. The smallest absolute Gasteiger partial charge is 0.314 e. The zero-order valence-electron chi connectivity index (χ0n) is 10.5. The van der Waals surface area contributed by atoms with Gasteiger partial charge in [-0.25, -0.2) is 4.79 Å². The van der Waals surface area contributed by atoms with Gasteiger partial charge in [-0.1, -0.05) is 0 Å². The number of piperazine rings is 1. The molecule has 2 heterocycles. The summed E-state index contributed by atoms with van der Waals surface area (Å²) in [5, 5.41) is 3.34. The summed E-state index contributed by atoms with van der Waals surface area (Å²) in [6.45, 7) is 9.25. The van der Waals surface area contributed by atoms with Gasteiger partial charge in [-0.15, -0.1) is 0 Å². The van der Waals surface area contributed by atoms with Gasteiger partial charge in [0.25, 0.3) is 0 Å². The van der Waals surface area contributed by atoms with Crippen LogP contribution in [0.2, 0.25) is 0 Å². The first-order valence-electron chi connectivity index (χ1n) is 6.16. The van der Waals surface area contributed by atoms with Crippen molar-refractivity contribution in [1.29, 1.82) is 0 Å². The lowest BCUT2D eigenvalue weighted by molar-refractivity contribution is 0.243. The van der Waals surface area contributed by atoms with Crippen molar-refractivity contribution in [2.45, 2.75) is 20.3 Å². The van der Waals surface area contributed by atoms with E-state index in [1.165, 1.54) is 5.56 Å². The fourth-order valence-corrected chi connectivity index (χ4v) is 2.33. The predicted molar refractivity (Wildman–Crippen MR) is 67.3 cm³/mol. The standard InChI is InChI=1S/C12H20N4O/c1-9-11(10(2)15-12(17)14-9)3-6-16-7-4-13-5-8-16/h13H,3-8H2,1-2H3,(H,14,15,17). The minimum absolute atomic E-state index is 0.245. The van der Waals surface area contributed by atoms with Crippen LogP contribution in [0.15, 0.2) is 4.79 Å². The van der Waals surface area contributed by atoms with Gasteiger partial charge in [0.05, 0.1) is 0 Å². The van der Waals surface area contributed by atoms with Gasteiger partial charge < -0.3 is 15.2 Å². The Labute approximate surface area is 101 Å². The molecule has 0 unspecified atom stereocenters. The Morgan fingerprint density at radius 2 is 2.00 bits per heavy atom. The fourth-order valence-electron chi connectivity index (χ4n) is 2.33. The highest BCUT2D eigenvalue weighted by Gasteiger charge is 2.11. The molecule has 5 heteroatoms. The van der Waals surface area contributed by atoms with Gasteiger partial charge in [-0.2, -0.15) is 4.98 Å². The molecule has 0 aromatic carbocycles. The number of aromatic nitrogens is 2. The minimum atomic E-state index is -0.245. The van der Waals surface area contributed by atoms with Crippen molar-refractivity contribution in [2.24, 2.45) is 0 Å². The van der Waals surface area contributed by atoms with Crippen LogP contribution in [0, 0.1) is 13.8 Å². The van der Waals surface area contributed by atoms with E-state index in [1.807, 2.05) is 13.8 Å². The molecule has 1 aromatic rings. The van der Waals surface area contributed by atoms with E-state index in [9.17, 15) is 4.79 Å². The largest absolute Gasteiger partial charge is 0.345 e. The molecule has 0 spiro atoms. The molecule has 0 bridgehead atoms. The Morgan fingerprint density at radius 1 is 1.29 bits per heavy atom. The normalized spacial score (nSPS) is 17.3. The number of H-pyrrole nitrogens is 1. The highest BCUT2D eigenvalue weighted by atomic mass is 16.1. The Bertz CT molecular complexity index is 408. The SMILES string of the molecule is Cc1nc(=O)[nH]c(C)c1CCN1CCNCC1. The van der Waals surface area contributed by atoms with Gasteiger partial charge in [-0.3, -0.25) is 0 Å². The minimum Gasteiger partial charge on any atom is -0.314 e. The van der Waals surface area contributed by atoms with Crippen LogP contribution >= 0.6 is 0 Å². The van der Waals surface area contributed by atoms with Crippen molar-refractivity contribution in [1.82, 2.24) is 20.2 Å². The first kappa shape index (κ1) is 12.3. The summed E-state index contributed by atoms with van der Waals surface area (Å²) >= 11 is 0. The summed E-state index contributed by atoms with van der Waals surface area (Å²) in [4.78, 5) is 20.4. The summed E-state index contributed by atoms with van der Waals surface area (Å²) in [6, 6.07) is 0.